The number of thiophene rings is 1. The Hall–Kier alpha value is -2.38. The minimum absolute atomic E-state index is 0.0613. The zero-order valence-corrected chi connectivity index (χ0v) is 13.9. The van der Waals surface area contributed by atoms with E-state index in [1.807, 2.05) is 35.0 Å². The number of morpholine rings is 1. The van der Waals surface area contributed by atoms with Crippen molar-refractivity contribution in [3.63, 3.8) is 0 Å². The Morgan fingerprint density at radius 1 is 1.25 bits per heavy atom. The first-order valence-electron chi connectivity index (χ1n) is 7.74. The number of urea groups is 1. The van der Waals surface area contributed by atoms with Gasteiger partial charge in [-0.25, -0.2) is 4.79 Å². The molecule has 0 unspecified atom stereocenters. The van der Waals surface area contributed by atoms with Crippen molar-refractivity contribution in [2.24, 2.45) is 0 Å². The number of rotatable bonds is 4. The Morgan fingerprint density at radius 3 is 2.83 bits per heavy atom. The largest absolute Gasteiger partial charge is 0.370 e. The number of nitrogens with one attached hydrogen (secondary N) is 2. The number of anilines is 1. The third kappa shape index (κ3) is 4.33. The molecule has 2 aromatic rings. The molecule has 1 fully saturated rings. The predicted molar refractivity (Wildman–Crippen MR) is 93.1 cm³/mol. The first-order chi connectivity index (χ1) is 11.7. The standard InChI is InChI=1S/C17H19N3O3S/c21-16(19-14-4-2-1-3-5-14)10-18-17(22)20-7-8-23-15(11-20)13-6-9-24-12-13/h1-6,9,12,15H,7-8,10-11H2,(H,18,22)(H,19,21)/t15-/m0/s1. The van der Waals surface area contributed by atoms with Crippen molar-refractivity contribution >= 4 is 29.0 Å². The molecule has 24 heavy (non-hydrogen) atoms. The number of benzene rings is 1. The maximum absolute atomic E-state index is 12.3. The lowest BCUT2D eigenvalue weighted by Crippen LogP contribution is -2.48. The predicted octanol–water partition coefficient (Wildman–Crippen LogP) is 2.47. The summed E-state index contributed by atoms with van der Waals surface area (Å²) in [6, 6.07) is 10.9. The highest BCUT2D eigenvalue weighted by Gasteiger charge is 2.25. The van der Waals surface area contributed by atoms with E-state index < -0.39 is 0 Å². The molecule has 3 rings (SSSR count). The van der Waals surface area contributed by atoms with Crippen molar-refractivity contribution in [3.8, 4) is 0 Å². The molecule has 3 amide bonds. The number of ether oxygens (including phenoxy) is 1. The summed E-state index contributed by atoms with van der Waals surface area (Å²) in [5, 5.41) is 9.41. The van der Waals surface area contributed by atoms with Gasteiger partial charge in [0.2, 0.25) is 5.91 Å². The van der Waals surface area contributed by atoms with Gasteiger partial charge < -0.3 is 20.3 Å². The van der Waals surface area contributed by atoms with Gasteiger partial charge >= 0.3 is 6.03 Å². The minimum atomic E-state index is -0.253. The number of carbonyl (C=O) groups excluding carboxylic acids is 2. The zero-order chi connectivity index (χ0) is 16.8. The summed E-state index contributed by atoms with van der Waals surface area (Å²) in [6.45, 7) is 1.44. The maximum Gasteiger partial charge on any atom is 0.318 e. The van der Waals surface area contributed by atoms with Gasteiger partial charge in [0.25, 0.3) is 0 Å². The van der Waals surface area contributed by atoms with Gasteiger partial charge in [0, 0.05) is 12.2 Å². The number of carbonyl (C=O) groups is 2. The van der Waals surface area contributed by atoms with Crippen LogP contribution >= 0.6 is 11.3 Å². The van der Waals surface area contributed by atoms with E-state index in [0.717, 1.165) is 5.56 Å². The van der Waals surface area contributed by atoms with Crippen molar-refractivity contribution in [2.75, 3.05) is 31.6 Å². The molecule has 1 aromatic carbocycles. The van der Waals surface area contributed by atoms with Crippen LogP contribution in [0.5, 0.6) is 0 Å². The van der Waals surface area contributed by atoms with E-state index in [1.165, 1.54) is 0 Å². The van der Waals surface area contributed by atoms with E-state index in [4.69, 9.17) is 4.74 Å². The molecule has 0 saturated carbocycles. The molecule has 0 radical (unpaired) electrons. The zero-order valence-electron chi connectivity index (χ0n) is 13.1. The monoisotopic (exact) mass is 345 g/mol. The second-order valence-electron chi connectivity index (χ2n) is 5.44. The lowest BCUT2D eigenvalue weighted by Gasteiger charge is -2.32. The van der Waals surface area contributed by atoms with Crippen molar-refractivity contribution in [1.29, 1.82) is 0 Å². The maximum atomic E-state index is 12.3. The molecular weight excluding hydrogens is 326 g/mol. The molecule has 7 heteroatoms. The molecule has 6 nitrogen and oxygen atoms in total. The highest BCUT2D eigenvalue weighted by atomic mass is 32.1. The lowest BCUT2D eigenvalue weighted by atomic mass is 10.1. The van der Waals surface area contributed by atoms with Crippen molar-refractivity contribution in [2.45, 2.75) is 6.10 Å². The van der Waals surface area contributed by atoms with Crippen LogP contribution in [0.4, 0.5) is 10.5 Å². The van der Waals surface area contributed by atoms with Crippen LogP contribution in [0.3, 0.4) is 0 Å². The second-order valence-corrected chi connectivity index (χ2v) is 6.22. The molecule has 0 aliphatic carbocycles. The minimum Gasteiger partial charge on any atom is -0.370 e. The lowest BCUT2D eigenvalue weighted by molar-refractivity contribution is -0.115. The number of amides is 3. The Labute approximate surface area is 144 Å². The fraction of sp³-hybridized carbons (Fsp3) is 0.294. The van der Waals surface area contributed by atoms with E-state index in [1.54, 1.807) is 28.4 Å². The van der Waals surface area contributed by atoms with Gasteiger partial charge in [0.15, 0.2) is 0 Å². The van der Waals surface area contributed by atoms with Gasteiger partial charge in [-0.3, -0.25) is 4.79 Å². The van der Waals surface area contributed by atoms with E-state index >= 15 is 0 Å². The Morgan fingerprint density at radius 2 is 2.08 bits per heavy atom. The first-order valence-corrected chi connectivity index (χ1v) is 8.68. The van der Waals surface area contributed by atoms with E-state index in [9.17, 15) is 9.59 Å². The fourth-order valence-electron chi connectivity index (χ4n) is 2.49. The number of hydrogen-bond donors (Lipinski definition) is 2. The Bertz CT molecular complexity index is 676. The summed E-state index contributed by atoms with van der Waals surface area (Å²) >= 11 is 1.61. The van der Waals surface area contributed by atoms with E-state index in [-0.39, 0.29) is 24.6 Å². The molecule has 1 saturated heterocycles. The third-order valence-corrected chi connectivity index (χ3v) is 4.43. The highest BCUT2D eigenvalue weighted by Crippen LogP contribution is 2.24. The molecule has 1 aliphatic heterocycles. The second kappa shape index (κ2) is 7.94. The molecule has 0 bridgehead atoms. The Balaban J connectivity index is 1.47. The van der Waals surface area contributed by atoms with Gasteiger partial charge in [0.1, 0.15) is 6.10 Å². The van der Waals surface area contributed by atoms with Gasteiger partial charge in [-0.15, -0.1) is 0 Å². The van der Waals surface area contributed by atoms with Crippen molar-refractivity contribution in [3.05, 3.63) is 52.7 Å². The summed E-state index contributed by atoms with van der Waals surface area (Å²) in [6.07, 6.45) is -0.103. The molecule has 2 heterocycles. The topological polar surface area (TPSA) is 70.7 Å². The first kappa shape index (κ1) is 16.5. The average Bonchev–Trinajstić information content (AvgIpc) is 3.15. The van der Waals surface area contributed by atoms with Crippen LogP contribution in [0.25, 0.3) is 0 Å². The SMILES string of the molecule is O=C(CNC(=O)N1CCO[C@H](c2ccsc2)C1)Nc1ccccc1. The highest BCUT2D eigenvalue weighted by molar-refractivity contribution is 7.07. The summed E-state index contributed by atoms with van der Waals surface area (Å²) < 4.78 is 5.71. The summed E-state index contributed by atoms with van der Waals surface area (Å²) in [5.74, 6) is -0.253. The van der Waals surface area contributed by atoms with Crippen LogP contribution < -0.4 is 10.6 Å². The van der Waals surface area contributed by atoms with Crippen LogP contribution in [0.15, 0.2) is 47.2 Å². The van der Waals surface area contributed by atoms with E-state index in [2.05, 4.69) is 10.6 Å². The summed E-state index contributed by atoms with van der Waals surface area (Å²) in [7, 11) is 0. The van der Waals surface area contributed by atoms with E-state index in [0.29, 0.717) is 25.4 Å². The molecule has 1 atom stereocenters. The van der Waals surface area contributed by atoms with Crippen LogP contribution in [-0.4, -0.2) is 43.1 Å². The van der Waals surface area contributed by atoms with Gasteiger partial charge in [-0.05, 0) is 34.5 Å². The third-order valence-electron chi connectivity index (χ3n) is 3.73. The smallest absolute Gasteiger partial charge is 0.318 e. The normalized spacial score (nSPS) is 17.3. The van der Waals surface area contributed by atoms with Gasteiger partial charge in [-0.1, -0.05) is 18.2 Å². The van der Waals surface area contributed by atoms with Crippen LogP contribution in [0.1, 0.15) is 11.7 Å². The summed E-state index contributed by atoms with van der Waals surface area (Å²) in [4.78, 5) is 25.8. The molecular formula is C17H19N3O3S. The molecule has 1 aromatic heterocycles. The number of nitrogens with zero attached hydrogens (tertiary/aromatic N) is 1. The van der Waals surface area contributed by atoms with Gasteiger partial charge in [0.05, 0.1) is 19.7 Å². The molecule has 0 spiro atoms. The molecule has 126 valence electrons. The van der Waals surface area contributed by atoms with Crippen molar-refractivity contribution < 1.29 is 14.3 Å². The van der Waals surface area contributed by atoms with Crippen molar-refractivity contribution in [1.82, 2.24) is 10.2 Å². The fourth-order valence-corrected chi connectivity index (χ4v) is 3.19. The quantitative estimate of drug-likeness (QED) is 0.894. The van der Waals surface area contributed by atoms with Gasteiger partial charge in [-0.2, -0.15) is 11.3 Å². The average molecular weight is 345 g/mol. The van der Waals surface area contributed by atoms with Crippen LogP contribution in [0, 0.1) is 0 Å². The Kier molecular flexibility index (Phi) is 5.45. The molecule has 2 N–H and O–H groups in total. The number of para-hydroxylation sites is 1. The van der Waals surface area contributed by atoms with Crippen LogP contribution in [0.2, 0.25) is 0 Å². The summed E-state index contributed by atoms with van der Waals surface area (Å²) in [5.41, 5.74) is 1.79. The molecule has 1 aliphatic rings. The van der Waals surface area contributed by atoms with Crippen LogP contribution in [-0.2, 0) is 9.53 Å². The number of hydrogen-bond acceptors (Lipinski definition) is 4.